The van der Waals surface area contributed by atoms with Crippen LogP contribution in [0.4, 0.5) is 10.7 Å². The van der Waals surface area contributed by atoms with Crippen LogP contribution in [0.1, 0.15) is 31.3 Å². The van der Waals surface area contributed by atoms with Gasteiger partial charge >= 0.3 is 12.0 Å². The third-order valence-electron chi connectivity index (χ3n) is 5.95. The molecule has 2 unspecified atom stereocenters. The molecule has 2 aromatic rings. The molecule has 0 N–H and O–H groups in total. The Labute approximate surface area is 174 Å². The molecule has 2 aliphatic heterocycles. The van der Waals surface area contributed by atoms with Gasteiger partial charge in [0.2, 0.25) is 11.9 Å². The molecular weight excluding hydrogens is 386 g/mol. The minimum absolute atomic E-state index is 0.254. The van der Waals surface area contributed by atoms with E-state index in [2.05, 4.69) is 4.99 Å². The molecule has 0 spiro atoms. The van der Waals surface area contributed by atoms with Crippen molar-refractivity contribution in [1.82, 2.24) is 14.4 Å². The summed E-state index contributed by atoms with van der Waals surface area (Å²) < 4.78 is 9.11. The van der Waals surface area contributed by atoms with Crippen molar-refractivity contribution in [3.63, 3.8) is 0 Å². The third kappa shape index (κ3) is 2.58. The molecule has 1 aromatic carbocycles. The third-order valence-corrected chi connectivity index (χ3v) is 5.95. The Bertz CT molecular complexity index is 1130. The minimum atomic E-state index is -0.847. The van der Waals surface area contributed by atoms with Crippen molar-refractivity contribution in [2.24, 2.45) is 4.99 Å². The van der Waals surface area contributed by atoms with Crippen LogP contribution in [0.15, 0.2) is 29.3 Å². The van der Waals surface area contributed by atoms with Crippen molar-refractivity contribution in [2.45, 2.75) is 39.8 Å². The number of imide groups is 1. The highest BCUT2D eigenvalue weighted by atomic mass is 16.5. The van der Waals surface area contributed by atoms with Crippen LogP contribution in [0, 0.1) is 13.8 Å². The number of likely N-dealkylation sites (N-methyl/N-ethyl adjacent to an activating group) is 1. The van der Waals surface area contributed by atoms with E-state index in [1.165, 1.54) is 11.8 Å². The van der Waals surface area contributed by atoms with Gasteiger partial charge in [-0.25, -0.2) is 14.3 Å². The van der Waals surface area contributed by atoms with Gasteiger partial charge in [-0.05, 0) is 39.8 Å². The molecule has 156 valence electrons. The van der Waals surface area contributed by atoms with Gasteiger partial charge in [0.1, 0.15) is 22.8 Å². The molecule has 9 nitrogen and oxygen atoms in total. The van der Waals surface area contributed by atoms with Crippen molar-refractivity contribution >= 4 is 29.5 Å². The number of urea groups is 1. The van der Waals surface area contributed by atoms with Gasteiger partial charge in [-0.15, -0.1) is 0 Å². The second-order valence-corrected chi connectivity index (χ2v) is 7.59. The van der Waals surface area contributed by atoms with Crippen molar-refractivity contribution in [1.29, 1.82) is 0 Å². The standard InChI is InChI=1S/C21H24N5O4/c1-11-12(2)25-17-18(23(5)21(29)26(19(17)28)13(3)14(4)27)22-20(25)24(11)15-8-7-9-16(10-15)30-6/h7-10,13,17H,1-6H3/q+1. The Morgan fingerprint density at radius 3 is 2.60 bits per heavy atom. The highest BCUT2D eigenvalue weighted by Crippen LogP contribution is 2.34. The van der Waals surface area contributed by atoms with Crippen molar-refractivity contribution < 1.29 is 23.7 Å². The van der Waals surface area contributed by atoms with Crippen molar-refractivity contribution in [2.75, 3.05) is 14.2 Å². The van der Waals surface area contributed by atoms with Crippen LogP contribution in [0.25, 0.3) is 5.69 Å². The van der Waals surface area contributed by atoms with Gasteiger partial charge in [0.25, 0.3) is 5.91 Å². The number of rotatable bonds is 4. The number of benzene rings is 1. The lowest BCUT2D eigenvalue weighted by atomic mass is 10.1. The summed E-state index contributed by atoms with van der Waals surface area (Å²) in [5.41, 5.74) is 2.60. The molecule has 0 radical (unpaired) electrons. The summed E-state index contributed by atoms with van der Waals surface area (Å²) in [5, 5.41) is 0. The van der Waals surface area contributed by atoms with Gasteiger partial charge in [0.05, 0.1) is 13.2 Å². The summed E-state index contributed by atoms with van der Waals surface area (Å²) in [6, 6.07) is 5.35. The molecule has 1 saturated heterocycles. The van der Waals surface area contributed by atoms with Crippen molar-refractivity contribution in [3.05, 3.63) is 35.7 Å². The number of amides is 3. The SMILES string of the molecule is COc1cccc(-n2c(C)c(C)[n+]3c2N=C2C3C(=O)N(C(C)C(C)=O)C(=O)N2C)c1. The number of hydrogen-bond donors (Lipinski definition) is 0. The van der Waals surface area contributed by atoms with Gasteiger partial charge < -0.3 is 4.74 Å². The first-order chi connectivity index (χ1) is 14.2. The van der Waals surface area contributed by atoms with Gasteiger partial charge in [-0.2, -0.15) is 4.57 Å². The lowest BCUT2D eigenvalue weighted by molar-refractivity contribution is -0.682. The average molecular weight is 410 g/mol. The molecule has 3 heterocycles. The Kier molecular flexibility index (Phi) is 4.48. The van der Waals surface area contributed by atoms with Crippen molar-refractivity contribution in [3.8, 4) is 11.4 Å². The number of aliphatic imine (C=N–C) groups is 1. The molecule has 0 bridgehead atoms. The summed E-state index contributed by atoms with van der Waals surface area (Å²) in [6.07, 6.45) is 0. The monoisotopic (exact) mass is 410 g/mol. The zero-order valence-electron chi connectivity index (χ0n) is 17.8. The van der Waals surface area contributed by atoms with E-state index >= 15 is 0 Å². The molecule has 1 fully saturated rings. The van der Waals surface area contributed by atoms with Crippen LogP contribution >= 0.6 is 0 Å². The topological polar surface area (TPSA) is 88.1 Å². The van der Waals surface area contributed by atoms with E-state index in [9.17, 15) is 14.4 Å². The maximum atomic E-state index is 13.4. The number of imidazole rings is 1. The predicted octanol–water partition coefficient (Wildman–Crippen LogP) is 1.85. The lowest BCUT2D eigenvalue weighted by Crippen LogP contribution is -2.65. The minimum Gasteiger partial charge on any atom is -0.497 e. The van der Waals surface area contributed by atoms with E-state index in [1.807, 2.05) is 47.2 Å². The van der Waals surface area contributed by atoms with Gasteiger partial charge in [-0.1, -0.05) is 11.1 Å². The first-order valence-corrected chi connectivity index (χ1v) is 9.66. The summed E-state index contributed by atoms with van der Waals surface area (Å²) >= 11 is 0. The fourth-order valence-corrected chi connectivity index (χ4v) is 4.00. The molecular formula is C21H24N5O4+. The number of carbonyl (C=O) groups is 3. The summed E-state index contributed by atoms with van der Waals surface area (Å²) in [6.45, 7) is 6.80. The fraction of sp³-hybridized carbons (Fsp3) is 0.381. The number of ketones is 1. The number of aromatic nitrogens is 2. The second kappa shape index (κ2) is 6.79. The zero-order valence-corrected chi connectivity index (χ0v) is 17.8. The zero-order chi connectivity index (χ0) is 21.9. The molecule has 2 atom stereocenters. The lowest BCUT2D eigenvalue weighted by Gasteiger charge is -2.35. The maximum absolute atomic E-state index is 13.4. The molecule has 3 amide bonds. The van der Waals surface area contributed by atoms with Crippen LogP contribution in [-0.2, 0) is 9.59 Å². The molecule has 0 aliphatic carbocycles. The van der Waals surface area contributed by atoms with Gasteiger partial charge in [0.15, 0.2) is 5.78 Å². The average Bonchev–Trinajstić information content (AvgIpc) is 3.22. The first kappa shape index (κ1) is 19.8. The molecule has 1 aromatic heterocycles. The Morgan fingerprint density at radius 1 is 1.27 bits per heavy atom. The summed E-state index contributed by atoms with van der Waals surface area (Å²) in [4.78, 5) is 45.2. The van der Waals surface area contributed by atoms with E-state index < -0.39 is 24.0 Å². The second-order valence-electron chi connectivity index (χ2n) is 7.59. The highest BCUT2D eigenvalue weighted by molar-refractivity contribution is 6.20. The number of ether oxygens (including phenoxy) is 1. The maximum Gasteiger partial charge on any atom is 0.407 e. The Hall–Kier alpha value is -3.49. The van der Waals surface area contributed by atoms with E-state index in [0.717, 1.165) is 22.0 Å². The molecule has 9 heteroatoms. The first-order valence-electron chi connectivity index (χ1n) is 9.66. The molecule has 30 heavy (non-hydrogen) atoms. The van der Waals surface area contributed by atoms with Crippen LogP contribution in [-0.4, -0.2) is 58.1 Å². The van der Waals surface area contributed by atoms with Crippen LogP contribution < -0.4 is 9.30 Å². The van der Waals surface area contributed by atoms with E-state index in [0.29, 0.717) is 17.5 Å². The molecule has 0 saturated carbocycles. The highest BCUT2D eigenvalue weighted by Gasteiger charge is 2.55. The van der Waals surface area contributed by atoms with Crippen LogP contribution in [0.3, 0.4) is 0 Å². The van der Waals surface area contributed by atoms with Gasteiger partial charge in [-0.3, -0.25) is 14.5 Å². The van der Waals surface area contributed by atoms with Crippen LogP contribution in [0.2, 0.25) is 0 Å². The van der Waals surface area contributed by atoms with Crippen LogP contribution in [0.5, 0.6) is 5.75 Å². The number of hydrogen-bond acceptors (Lipinski definition) is 5. The number of carbonyl (C=O) groups excluding carboxylic acids is 3. The predicted molar refractivity (Wildman–Crippen MR) is 108 cm³/mol. The number of nitrogens with zero attached hydrogens (tertiary/aromatic N) is 5. The smallest absolute Gasteiger partial charge is 0.407 e. The van der Waals surface area contributed by atoms with E-state index in [1.54, 1.807) is 21.1 Å². The Balaban J connectivity index is 1.90. The molecule has 4 rings (SSSR count). The van der Waals surface area contributed by atoms with E-state index in [4.69, 9.17) is 4.74 Å². The largest absolute Gasteiger partial charge is 0.497 e. The molecule has 2 aliphatic rings. The normalized spacial score (nSPS) is 18.9. The number of fused-ring (bicyclic) bond motifs is 3. The number of amidine groups is 1. The van der Waals surface area contributed by atoms with E-state index in [-0.39, 0.29) is 5.78 Å². The summed E-state index contributed by atoms with van der Waals surface area (Å²) in [7, 11) is 3.18. The number of methoxy groups -OCH3 is 1. The fourth-order valence-electron chi connectivity index (χ4n) is 4.00. The quantitative estimate of drug-likeness (QED) is 0.720. The van der Waals surface area contributed by atoms with Gasteiger partial charge in [0, 0.05) is 13.1 Å². The summed E-state index contributed by atoms with van der Waals surface area (Å²) in [5.74, 6) is 0.894. The Morgan fingerprint density at radius 2 is 1.97 bits per heavy atom. The number of Topliss-reactive ketones (excluding diaryl/α,β-unsaturated/α-hetero) is 1.